The highest BCUT2D eigenvalue weighted by molar-refractivity contribution is 7.91. The molecule has 0 bridgehead atoms. The zero-order chi connectivity index (χ0) is 108. The topological polar surface area (TPSA) is 495 Å². The smallest absolute Gasteiger partial charge is 0.416 e. The van der Waals surface area contributed by atoms with Gasteiger partial charge in [-0.3, -0.25) is 29.8 Å². The Bertz CT molecular complexity index is 6870. The monoisotopic (exact) mass is 2110 g/mol. The van der Waals surface area contributed by atoms with Crippen molar-refractivity contribution < 1.29 is 130 Å². The highest BCUT2D eigenvalue weighted by atomic mass is 32.2. The predicted octanol–water partition coefficient (Wildman–Crippen LogP) is 13.0. The molecule has 8 aromatic rings. The fraction of sp³-hybridized carbons (Fsp3) is 0.321. The van der Waals surface area contributed by atoms with E-state index in [0.717, 1.165) is 54.3 Å². The highest BCUT2D eigenvalue weighted by Crippen LogP contribution is 2.44. The molecule has 0 radical (unpaired) electrons. The molecular formula is C106H122N10O28S4. The highest BCUT2D eigenvalue weighted by Gasteiger charge is 2.47. The summed E-state index contributed by atoms with van der Waals surface area (Å²) in [6, 6.07) is 35.8. The predicted molar refractivity (Wildman–Crippen MR) is 559 cm³/mol. The summed E-state index contributed by atoms with van der Waals surface area (Å²) in [7, 11) is -5.14. The summed E-state index contributed by atoms with van der Waals surface area (Å²) in [5.41, 5.74) is 11.1. The van der Waals surface area contributed by atoms with Gasteiger partial charge in [0.05, 0.1) is 142 Å². The molecule has 14 rings (SSSR count). The maximum absolute atomic E-state index is 13.7. The van der Waals surface area contributed by atoms with Gasteiger partial charge < -0.3 is 77.9 Å². The molecule has 2 unspecified atom stereocenters. The van der Waals surface area contributed by atoms with Crippen LogP contribution in [0.25, 0.3) is 22.3 Å². The van der Waals surface area contributed by atoms with Crippen LogP contribution in [0.5, 0.6) is 23.0 Å². The van der Waals surface area contributed by atoms with Crippen molar-refractivity contribution in [1.29, 1.82) is 0 Å². The summed E-state index contributed by atoms with van der Waals surface area (Å²) in [6.07, 6.45) is 8.57. The summed E-state index contributed by atoms with van der Waals surface area (Å²) in [5, 5.41) is 48.5. The van der Waals surface area contributed by atoms with Gasteiger partial charge in [-0.25, -0.2) is 72.1 Å². The first-order chi connectivity index (χ1) is 70.5. The van der Waals surface area contributed by atoms with E-state index in [-0.39, 0.29) is 154 Å². The summed E-state index contributed by atoms with van der Waals surface area (Å²) in [6.45, 7) is 24.7. The first-order valence-corrected chi connectivity index (χ1v) is 53.1. The Kier molecular flexibility index (Phi) is 38.6. The van der Waals surface area contributed by atoms with Gasteiger partial charge in [0.1, 0.15) is 49.4 Å². The van der Waals surface area contributed by atoms with Gasteiger partial charge in [0.25, 0.3) is 23.6 Å². The van der Waals surface area contributed by atoms with Gasteiger partial charge >= 0.3 is 24.4 Å². The number of carbonyl (C=O) groups is 8. The normalized spacial score (nSPS) is 17.4. The number of hydrogen-bond donors (Lipinski definition) is 8. The summed E-state index contributed by atoms with van der Waals surface area (Å²) in [5.74, 6) is 0.440. The second-order valence-corrected chi connectivity index (χ2v) is 42.7. The van der Waals surface area contributed by atoms with Crippen molar-refractivity contribution in [3.63, 3.8) is 0 Å². The number of rotatable bonds is 30. The Morgan fingerprint density at radius 2 is 0.797 bits per heavy atom. The molecule has 6 aliphatic rings. The summed E-state index contributed by atoms with van der Waals surface area (Å²) >= 11 is 0. The van der Waals surface area contributed by atoms with Crippen LogP contribution in [0.2, 0.25) is 0 Å². The molecule has 0 saturated carbocycles. The molecule has 42 heteroatoms. The van der Waals surface area contributed by atoms with E-state index in [9.17, 15) is 92.5 Å². The van der Waals surface area contributed by atoms with E-state index in [1.54, 1.807) is 169 Å². The number of aliphatic hydroxyl groups excluding tert-OH is 4. The number of carbonyl (C=O) groups excluding carboxylic acids is 8. The zero-order valence-corrected chi connectivity index (χ0v) is 87.3. The van der Waals surface area contributed by atoms with Crippen molar-refractivity contribution in [1.82, 2.24) is 29.0 Å². The van der Waals surface area contributed by atoms with E-state index < -0.39 is 113 Å². The van der Waals surface area contributed by atoms with E-state index >= 15 is 0 Å². The number of methoxy groups -OCH3 is 4. The van der Waals surface area contributed by atoms with Gasteiger partial charge in [-0.1, -0.05) is 137 Å². The van der Waals surface area contributed by atoms with Crippen LogP contribution in [0.4, 0.5) is 41.9 Å². The zero-order valence-electron chi connectivity index (χ0n) is 84.0. The number of benzene rings is 8. The standard InChI is InChI=1S/2C27H32N2O7S.2C26H29N3O7S/c2*1-5-13-36-27(32)28-24-14-18(3)25(35-4)16-23(24)26(31)29-12-11-20(15-21(29)17-30)19-7-9-22(10-8-19)37(33,34)6-2;2*1-5-12-36-26(32)29-21-13-16(2)23(35-4)15-20(21)24(30)28-11-10-18(14-22(28)25(29)31)17-6-8-19(9-7-17)37(33,34)27-3/h5,7-10,14-16,21,30H,1,6,11-13,17H2,2-4H3,(H,28,32);5,7-11,14,16,21,30H,1,6,12-13,15,17H2,2-4H3,(H,28,32);5-9,13-15,22,25,27,31H,1,10-12H2,2-4H3;5-10,13,15,22,25,27,31H,1,11-12,14H2,2-4H3/t2*21-;2*22-,25?/m0000/s1. The molecule has 0 saturated heterocycles. The molecule has 8 amide bonds. The van der Waals surface area contributed by atoms with E-state index in [4.69, 9.17) is 37.9 Å². The molecule has 6 aliphatic heterocycles. The van der Waals surface area contributed by atoms with Gasteiger partial charge in [-0.2, -0.15) is 0 Å². The number of nitrogens with zero attached hydrogens (tertiary/aromatic N) is 6. The lowest BCUT2D eigenvalue weighted by Crippen LogP contribution is -2.54. The van der Waals surface area contributed by atoms with Crippen LogP contribution in [0.1, 0.15) is 125 Å². The Morgan fingerprint density at radius 1 is 0.432 bits per heavy atom. The number of hydrogen-bond acceptors (Lipinski definition) is 28. The van der Waals surface area contributed by atoms with Crippen LogP contribution in [0, 0.1) is 27.7 Å². The van der Waals surface area contributed by atoms with E-state index in [2.05, 4.69) is 46.4 Å². The number of sulfonamides is 2. The molecule has 148 heavy (non-hydrogen) atoms. The molecular weight excluding hydrogens is 1990 g/mol. The van der Waals surface area contributed by atoms with Crippen LogP contribution in [-0.4, -0.2) is 278 Å². The van der Waals surface area contributed by atoms with Crippen molar-refractivity contribution in [2.45, 2.75) is 123 Å². The third-order valence-corrected chi connectivity index (χ3v) is 31.8. The van der Waals surface area contributed by atoms with Gasteiger partial charge in [-0.05, 0) is 231 Å². The average molecular weight is 2110 g/mol. The third-order valence-electron chi connectivity index (χ3n) is 25.4. The van der Waals surface area contributed by atoms with Crippen molar-refractivity contribution >= 4 is 133 Å². The largest absolute Gasteiger partial charge is 0.496 e. The van der Waals surface area contributed by atoms with Gasteiger partial charge in [0.15, 0.2) is 32.1 Å². The molecule has 0 fully saturated rings. The molecule has 6 heterocycles. The number of amides is 8. The summed E-state index contributed by atoms with van der Waals surface area (Å²) in [4.78, 5) is 114. The van der Waals surface area contributed by atoms with Crippen LogP contribution in [-0.2, 0) is 58.7 Å². The Morgan fingerprint density at radius 3 is 1.20 bits per heavy atom. The van der Waals surface area contributed by atoms with E-state index in [0.29, 0.717) is 71.1 Å². The molecule has 788 valence electrons. The van der Waals surface area contributed by atoms with E-state index in [1.165, 1.54) is 111 Å². The number of sulfone groups is 2. The molecule has 0 aliphatic carbocycles. The maximum atomic E-state index is 13.7. The Balaban J connectivity index is 0.000000187. The Labute approximate surface area is 860 Å². The lowest BCUT2D eigenvalue weighted by molar-refractivity contribution is 0.0397. The van der Waals surface area contributed by atoms with Crippen LogP contribution in [0.15, 0.2) is 240 Å². The van der Waals surface area contributed by atoms with Crippen molar-refractivity contribution in [3.05, 3.63) is 287 Å². The summed E-state index contributed by atoms with van der Waals surface area (Å²) < 4.78 is 143. The third kappa shape index (κ3) is 26.0. The molecule has 8 aromatic carbocycles. The minimum absolute atomic E-state index is 0.0158. The molecule has 6 atom stereocenters. The quantitative estimate of drug-likeness (QED) is 0.0153. The number of anilines is 4. The number of aryl methyl sites for hydroxylation is 4. The second-order valence-electron chi connectivity index (χ2n) is 34.4. The fourth-order valence-corrected chi connectivity index (χ4v) is 20.7. The maximum Gasteiger partial charge on any atom is 0.416 e. The van der Waals surface area contributed by atoms with Crippen LogP contribution < -0.4 is 48.8 Å². The second kappa shape index (κ2) is 50.2. The average Bonchev–Trinajstić information content (AvgIpc) is 1.59. The lowest BCUT2D eigenvalue weighted by atomic mass is 9.93. The molecule has 0 aromatic heterocycles. The molecule has 0 spiro atoms. The van der Waals surface area contributed by atoms with Gasteiger partial charge in [0, 0.05) is 26.2 Å². The first-order valence-electron chi connectivity index (χ1n) is 46.9. The van der Waals surface area contributed by atoms with Crippen molar-refractivity contribution in [3.8, 4) is 23.0 Å². The number of fused-ring (bicyclic) bond motifs is 4. The van der Waals surface area contributed by atoms with Crippen LogP contribution >= 0.6 is 0 Å². The number of aliphatic hydroxyl groups is 4. The molecule has 8 N–H and O–H groups in total. The minimum atomic E-state index is -3.59. The Hall–Kier alpha value is -14.6. The van der Waals surface area contributed by atoms with E-state index in [1.807, 2.05) is 18.2 Å². The van der Waals surface area contributed by atoms with Gasteiger partial charge in [0.2, 0.25) is 20.0 Å². The molecule has 38 nitrogen and oxygen atoms in total. The van der Waals surface area contributed by atoms with Crippen molar-refractivity contribution in [2.75, 3.05) is 140 Å². The van der Waals surface area contributed by atoms with Crippen LogP contribution in [0.3, 0.4) is 0 Å². The SMILES string of the molecule is C=CCOC(=O)N1c2cc(C)c(OC)cc2C(=O)N2CC=C(c3ccc(S(=O)(=O)NC)cc3)C[C@H]2C1O.C=CCOC(=O)N1c2cc(C)c(OC)cc2C(=O)N2CCC(c3ccc(S(=O)(=O)NC)cc3)=C[C@H]2C1O.C=CCOC(=O)Nc1cc(C)c(OC)cc1C(=O)N1CC=C(c2ccc(S(=O)(=O)CC)cc2)C[C@H]1CO.C=CCOC(=O)Nc1cc(C)c(OC)cc1C(=O)N1CCC(c2ccc(S(=O)(=O)CC)cc2)=C[C@H]1CO. The van der Waals surface area contributed by atoms with Gasteiger partial charge in [-0.15, -0.1) is 0 Å². The van der Waals surface area contributed by atoms with Crippen molar-refractivity contribution in [2.24, 2.45) is 0 Å². The number of nitrogens with one attached hydrogen (secondary N) is 4. The minimum Gasteiger partial charge on any atom is -0.496 e. The first kappa shape index (κ1) is 114. The lowest BCUT2D eigenvalue weighted by Gasteiger charge is -2.38. The fourth-order valence-electron chi connectivity index (χ4n) is 17.4. The number of ether oxygens (including phenoxy) is 8.